The minimum atomic E-state index is -1.04. The number of unbranched alkanes of at least 4 members (excludes halogenated alkanes) is 1. The van der Waals surface area contributed by atoms with E-state index in [0.29, 0.717) is 17.7 Å². The highest BCUT2D eigenvalue weighted by Crippen LogP contribution is 2.81. The number of carbonyl (C=O) groups excluding carboxylic acids is 3. The van der Waals surface area contributed by atoms with Gasteiger partial charge in [0.2, 0.25) is 11.8 Å². The van der Waals surface area contributed by atoms with Crippen molar-refractivity contribution in [2.24, 2.45) is 39.5 Å². The van der Waals surface area contributed by atoms with Gasteiger partial charge in [-0.1, -0.05) is 18.6 Å². The van der Waals surface area contributed by atoms with Crippen molar-refractivity contribution in [3.8, 4) is 0 Å². The molecule has 4 N–H and O–H groups in total. The highest BCUT2D eigenvalue weighted by atomic mass is 32.1. The summed E-state index contributed by atoms with van der Waals surface area (Å²) in [7, 11) is 0. The smallest absolute Gasteiger partial charge is 0.225 e. The fraction of sp³-hybridized carbons (Fsp3) is 0.654. The van der Waals surface area contributed by atoms with Gasteiger partial charge in [0, 0.05) is 4.88 Å². The zero-order chi connectivity index (χ0) is 23.4. The van der Waals surface area contributed by atoms with Crippen LogP contribution < -0.4 is 11.5 Å². The monoisotopic (exact) mass is 469 g/mol. The third kappa shape index (κ3) is 3.18. The fourth-order valence-corrected chi connectivity index (χ4v) is 8.71. The predicted molar refractivity (Wildman–Crippen MR) is 129 cm³/mol. The van der Waals surface area contributed by atoms with E-state index in [4.69, 9.17) is 11.5 Å². The van der Waals surface area contributed by atoms with Crippen LogP contribution in [-0.2, 0) is 16.0 Å². The minimum Gasteiger partial charge on any atom is -0.369 e. The molecule has 0 unspecified atom stereocenters. The van der Waals surface area contributed by atoms with Crippen molar-refractivity contribution in [3.63, 3.8) is 0 Å². The Labute approximate surface area is 199 Å². The van der Waals surface area contributed by atoms with Crippen LogP contribution in [0.4, 0.5) is 0 Å². The number of thiophene rings is 1. The van der Waals surface area contributed by atoms with Crippen molar-refractivity contribution < 1.29 is 14.4 Å². The maximum absolute atomic E-state index is 13.4. The number of nitrogens with two attached hydrogens (primary N) is 2. The van der Waals surface area contributed by atoms with E-state index >= 15 is 0 Å². The highest BCUT2D eigenvalue weighted by Gasteiger charge is 2.81. The second-order valence-electron chi connectivity index (χ2n) is 10.7. The van der Waals surface area contributed by atoms with Gasteiger partial charge in [-0.15, -0.1) is 11.3 Å². The Kier molecular flexibility index (Phi) is 5.56. The average molecular weight is 470 g/mol. The van der Waals surface area contributed by atoms with E-state index < -0.39 is 16.7 Å². The van der Waals surface area contributed by atoms with Crippen LogP contribution >= 0.6 is 11.3 Å². The van der Waals surface area contributed by atoms with Crippen molar-refractivity contribution in [1.29, 1.82) is 0 Å². The lowest BCUT2D eigenvalue weighted by molar-refractivity contribution is -0.151. The molecule has 7 heteroatoms. The molecular weight excluding hydrogens is 434 g/mol. The second kappa shape index (κ2) is 8.05. The number of allylic oxidation sites excluding steroid dienone is 2. The van der Waals surface area contributed by atoms with Crippen LogP contribution in [0.1, 0.15) is 66.4 Å². The first-order chi connectivity index (χ1) is 15.8. The number of primary amides is 2. The molecule has 1 aliphatic heterocycles. The van der Waals surface area contributed by atoms with E-state index in [1.54, 1.807) is 6.92 Å². The van der Waals surface area contributed by atoms with Crippen molar-refractivity contribution in [3.05, 3.63) is 34.0 Å². The summed E-state index contributed by atoms with van der Waals surface area (Å²) in [4.78, 5) is 42.8. The number of nitrogens with zero attached hydrogens (tertiary/aromatic N) is 1. The topological polar surface area (TPSA) is 106 Å². The largest absolute Gasteiger partial charge is 0.369 e. The number of hydrogen-bond donors (Lipinski definition) is 2. The Morgan fingerprint density at radius 3 is 2.18 bits per heavy atom. The van der Waals surface area contributed by atoms with Crippen LogP contribution in [-0.4, -0.2) is 42.1 Å². The fourth-order valence-electron chi connectivity index (χ4n) is 7.72. The number of amides is 2. The SMILES string of the molecule is CC(=O)c1ccc(C[C@@]2(C(N)=O)[C@H]3C=C[C@H](C34CC4)[C@@]2(CCCCN2CCCC2)C(N)=O)s1. The molecule has 0 radical (unpaired) electrons. The zero-order valence-corrected chi connectivity index (χ0v) is 20.3. The Morgan fingerprint density at radius 2 is 1.64 bits per heavy atom. The van der Waals surface area contributed by atoms with Gasteiger partial charge in [-0.05, 0) is 101 Å². The molecule has 33 heavy (non-hydrogen) atoms. The Bertz CT molecular complexity index is 1010. The van der Waals surface area contributed by atoms with Gasteiger partial charge in [-0.25, -0.2) is 0 Å². The van der Waals surface area contributed by atoms with Gasteiger partial charge in [-0.2, -0.15) is 0 Å². The third-order valence-corrected chi connectivity index (χ3v) is 10.4. The summed E-state index contributed by atoms with van der Waals surface area (Å²) in [5.41, 5.74) is 10.4. The van der Waals surface area contributed by atoms with E-state index in [9.17, 15) is 14.4 Å². The molecule has 1 aromatic rings. The summed E-state index contributed by atoms with van der Waals surface area (Å²) in [5.74, 6) is -0.884. The number of hydrogen-bond acceptors (Lipinski definition) is 5. The molecule has 3 fully saturated rings. The molecule has 4 atom stereocenters. The normalized spacial score (nSPS) is 33.7. The lowest BCUT2D eigenvalue weighted by Gasteiger charge is -2.48. The number of likely N-dealkylation sites (tertiary alicyclic amines) is 1. The van der Waals surface area contributed by atoms with Crippen molar-refractivity contribution in [1.82, 2.24) is 4.90 Å². The second-order valence-corrected chi connectivity index (χ2v) is 11.9. The number of Topliss-reactive ketones (excluding diaryl/α,β-unsaturated/α-hetero) is 1. The van der Waals surface area contributed by atoms with Gasteiger partial charge in [0.1, 0.15) is 0 Å². The molecule has 1 aromatic heterocycles. The number of carbonyl (C=O) groups is 3. The van der Waals surface area contributed by atoms with Crippen LogP contribution in [0.2, 0.25) is 0 Å². The summed E-state index contributed by atoms with van der Waals surface area (Å²) in [6.07, 6.45) is 11.7. The van der Waals surface area contributed by atoms with Gasteiger partial charge in [0.25, 0.3) is 0 Å². The van der Waals surface area contributed by atoms with Crippen LogP contribution in [0.3, 0.4) is 0 Å². The van der Waals surface area contributed by atoms with Crippen molar-refractivity contribution in [2.45, 2.75) is 58.3 Å². The van der Waals surface area contributed by atoms with Crippen LogP contribution in [0.5, 0.6) is 0 Å². The number of ketones is 1. The molecule has 4 aliphatic rings. The minimum absolute atomic E-state index is 0.00829. The first-order valence-corrected chi connectivity index (χ1v) is 13.2. The predicted octanol–water partition coefficient (Wildman–Crippen LogP) is 3.30. The molecular formula is C26H35N3O3S. The first-order valence-electron chi connectivity index (χ1n) is 12.4. The van der Waals surface area contributed by atoms with E-state index in [0.717, 1.165) is 50.2 Å². The molecule has 0 aromatic carbocycles. The molecule has 178 valence electrons. The summed E-state index contributed by atoms with van der Waals surface area (Å²) in [5, 5.41) is 0. The lowest BCUT2D eigenvalue weighted by Crippen LogP contribution is -2.60. The zero-order valence-electron chi connectivity index (χ0n) is 19.5. The van der Waals surface area contributed by atoms with Gasteiger partial charge >= 0.3 is 0 Å². The van der Waals surface area contributed by atoms with Gasteiger partial charge in [0.05, 0.1) is 15.7 Å². The maximum atomic E-state index is 13.4. The van der Waals surface area contributed by atoms with Crippen molar-refractivity contribution >= 4 is 28.9 Å². The molecule has 3 aliphatic carbocycles. The summed E-state index contributed by atoms with van der Waals surface area (Å²) in [6, 6.07) is 3.73. The van der Waals surface area contributed by atoms with Gasteiger partial charge in [0.15, 0.2) is 5.78 Å². The molecule has 6 nitrogen and oxygen atoms in total. The Hall–Kier alpha value is -1.99. The van der Waals surface area contributed by atoms with Crippen molar-refractivity contribution in [2.75, 3.05) is 19.6 Å². The lowest BCUT2D eigenvalue weighted by atomic mass is 9.53. The standard InChI is InChI=1S/C26H35N3O3S/c1-17(30)19-7-6-18(33-19)16-26(23(28)32)21-9-8-20(24(21)11-12-24)25(26,22(27)31)10-2-3-13-29-14-4-5-15-29/h6-9,20-21H,2-5,10-16H2,1H3,(H2,27,31)(H2,28,32)/t20-,21+,25+,26+/m1/s1. The summed E-state index contributed by atoms with van der Waals surface area (Å²) >= 11 is 1.41. The molecule has 5 rings (SSSR count). The maximum Gasteiger partial charge on any atom is 0.225 e. The van der Waals surface area contributed by atoms with E-state index in [-0.39, 0.29) is 28.9 Å². The Morgan fingerprint density at radius 1 is 1.00 bits per heavy atom. The molecule has 1 spiro atoms. The van der Waals surface area contributed by atoms with Crippen LogP contribution in [0.15, 0.2) is 24.3 Å². The van der Waals surface area contributed by atoms with Gasteiger partial charge in [-0.3, -0.25) is 14.4 Å². The first kappa shape index (κ1) is 22.8. The van der Waals surface area contributed by atoms with Gasteiger partial charge < -0.3 is 16.4 Å². The summed E-state index contributed by atoms with van der Waals surface area (Å²) in [6.45, 7) is 4.88. The quantitative estimate of drug-likeness (QED) is 0.311. The molecule has 2 amide bonds. The average Bonchev–Trinajstić information content (AvgIpc) is 3.12. The molecule has 2 bridgehead atoms. The van der Waals surface area contributed by atoms with E-state index in [1.807, 2.05) is 12.1 Å². The Balaban J connectivity index is 1.50. The summed E-state index contributed by atoms with van der Waals surface area (Å²) < 4.78 is 0. The van der Waals surface area contributed by atoms with Crippen LogP contribution in [0, 0.1) is 28.1 Å². The molecule has 2 heterocycles. The third-order valence-electron chi connectivity index (χ3n) is 9.26. The molecule has 1 saturated heterocycles. The molecule has 2 saturated carbocycles. The van der Waals surface area contributed by atoms with E-state index in [2.05, 4.69) is 17.1 Å². The van der Waals surface area contributed by atoms with Crippen LogP contribution in [0.25, 0.3) is 0 Å². The van der Waals surface area contributed by atoms with E-state index in [1.165, 1.54) is 24.2 Å². The number of rotatable bonds is 10. The highest BCUT2D eigenvalue weighted by molar-refractivity contribution is 7.14.